The van der Waals surface area contributed by atoms with Gasteiger partial charge < -0.3 is 20.5 Å². The van der Waals surface area contributed by atoms with Crippen LogP contribution >= 0.6 is 0 Å². The summed E-state index contributed by atoms with van der Waals surface area (Å²) in [5.41, 5.74) is 7.39. The number of amides is 2. The van der Waals surface area contributed by atoms with Crippen molar-refractivity contribution in [3.63, 3.8) is 0 Å². The molecule has 0 aliphatic carbocycles. The maximum atomic E-state index is 13.1. The van der Waals surface area contributed by atoms with Crippen LogP contribution in [0.25, 0.3) is 5.65 Å². The van der Waals surface area contributed by atoms with Crippen LogP contribution in [0, 0.1) is 0 Å². The van der Waals surface area contributed by atoms with E-state index in [0.29, 0.717) is 29.2 Å². The number of nitrogens with one attached hydrogen (secondary N) is 1. The van der Waals surface area contributed by atoms with Crippen molar-refractivity contribution in [2.75, 3.05) is 25.0 Å². The van der Waals surface area contributed by atoms with E-state index < -0.39 is 0 Å². The maximum Gasteiger partial charge on any atom is 0.261 e. The van der Waals surface area contributed by atoms with Gasteiger partial charge in [0.2, 0.25) is 5.91 Å². The number of aromatic nitrogens is 3. The highest BCUT2D eigenvalue weighted by atomic mass is 16.5. The van der Waals surface area contributed by atoms with E-state index in [-0.39, 0.29) is 37.5 Å². The molecule has 3 N–H and O–H groups in total. The molecular weight excluding hydrogens is 436 g/mol. The van der Waals surface area contributed by atoms with E-state index >= 15 is 0 Å². The number of likely N-dealkylation sites (tertiary alicyclic amines) is 1. The molecule has 1 aromatic carbocycles. The normalized spacial score (nSPS) is 18.7. The van der Waals surface area contributed by atoms with Crippen LogP contribution in [-0.2, 0) is 11.2 Å². The topological polar surface area (TPSA) is 124 Å². The van der Waals surface area contributed by atoms with Crippen molar-refractivity contribution in [3.8, 4) is 11.5 Å². The van der Waals surface area contributed by atoms with Crippen LogP contribution in [0.5, 0.6) is 11.5 Å². The minimum Gasteiger partial charge on any atom is -0.487 e. The van der Waals surface area contributed by atoms with E-state index in [2.05, 4.69) is 15.4 Å². The minimum atomic E-state index is -0.362. The van der Waals surface area contributed by atoms with Crippen LogP contribution in [-0.4, -0.2) is 62.7 Å². The monoisotopic (exact) mass is 466 g/mol. The van der Waals surface area contributed by atoms with E-state index in [1.54, 1.807) is 23.0 Å². The van der Waals surface area contributed by atoms with Crippen LogP contribution < -0.4 is 20.5 Å². The quantitative estimate of drug-likeness (QED) is 0.571. The van der Waals surface area contributed by atoms with Gasteiger partial charge in [0.05, 0.1) is 18.4 Å². The van der Waals surface area contributed by atoms with E-state index in [4.69, 9.17) is 15.2 Å². The van der Waals surface area contributed by atoms with Gasteiger partial charge >= 0.3 is 0 Å². The number of primary amides is 1. The fourth-order valence-corrected chi connectivity index (χ4v) is 4.44. The molecule has 10 nitrogen and oxygen atoms in total. The lowest BCUT2D eigenvalue weighted by Crippen LogP contribution is -2.33. The van der Waals surface area contributed by atoms with E-state index in [1.165, 1.54) is 6.20 Å². The first-order chi connectivity index (χ1) is 15.8. The molecule has 1 atom stereocenters. The second-order valence-corrected chi connectivity index (χ2v) is 9.12. The van der Waals surface area contributed by atoms with E-state index in [0.717, 1.165) is 30.7 Å². The largest absolute Gasteiger partial charge is 0.487 e. The summed E-state index contributed by atoms with van der Waals surface area (Å²) >= 11 is 0. The van der Waals surface area contributed by atoms with Crippen molar-refractivity contribution in [2.45, 2.75) is 45.8 Å². The lowest BCUT2D eigenvalue weighted by atomic mass is 10.0. The van der Waals surface area contributed by atoms with Gasteiger partial charge in [0, 0.05) is 43.5 Å². The molecule has 2 aliphatic rings. The Morgan fingerprint density at radius 1 is 1.35 bits per heavy atom. The van der Waals surface area contributed by atoms with Gasteiger partial charge in [-0.05, 0) is 32.4 Å². The third-order valence-electron chi connectivity index (χ3n) is 5.84. The van der Waals surface area contributed by atoms with Gasteiger partial charge in [0.25, 0.3) is 5.91 Å². The Balaban J connectivity index is 0.00000274. The summed E-state index contributed by atoms with van der Waals surface area (Å²) in [5, 5.41) is 7.17. The summed E-state index contributed by atoms with van der Waals surface area (Å²) in [7, 11) is 0. The van der Waals surface area contributed by atoms with Crippen molar-refractivity contribution < 1.29 is 19.1 Å². The summed E-state index contributed by atoms with van der Waals surface area (Å²) in [6, 6.07) is 5.50. The average molecular weight is 467 g/mol. The Labute approximate surface area is 198 Å². The number of rotatable bonds is 6. The van der Waals surface area contributed by atoms with Crippen molar-refractivity contribution in [1.29, 1.82) is 0 Å². The number of ether oxygens (including phenoxy) is 2. The molecule has 0 bridgehead atoms. The molecule has 2 aromatic heterocycles. The highest BCUT2D eigenvalue weighted by molar-refractivity contribution is 6.08. The Hall–Kier alpha value is -3.66. The number of carbonyl (C=O) groups is 2. The number of nitrogens with two attached hydrogens (primary N) is 1. The second-order valence-electron chi connectivity index (χ2n) is 9.12. The molecule has 1 fully saturated rings. The van der Waals surface area contributed by atoms with Crippen LogP contribution in [0.1, 0.15) is 43.6 Å². The van der Waals surface area contributed by atoms with Gasteiger partial charge in [-0.15, -0.1) is 0 Å². The Morgan fingerprint density at radius 3 is 2.97 bits per heavy atom. The van der Waals surface area contributed by atoms with Crippen LogP contribution in [0.4, 0.5) is 5.69 Å². The number of hydrogen-bond acceptors (Lipinski definition) is 7. The number of carbonyl (C=O) groups excluding carboxylic acids is 2. The fraction of sp³-hybridized carbons (Fsp3) is 0.417. The summed E-state index contributed by atoms with van der Waals surface area (Å²) in [5.74, 6) is 0.583. The predicted octanol–water partition coefficient (Wildman–Crippen LogP) is 2.27. The minimum absolute atomic E-state index is 0. The van der Waals surface area contributed by atoms with Gasteiger partial charge in [-0.1, -0.05) is 7.43 Å². The van der Waals surface area contributed by atoms with E-state index in [1.807, 2.05) is 30.9 Å². The molecule has 5 rings (SSSR count). The highest BCUT2D eigenvalue weighted by Gasteiger charge is 2.33. The van der Waals surface area contributed by atoms with Gasteiger partial charge in [0.15, 0.2) is 5.65 Å². The molecule has 34 heavy (non-hydrogen) atoms. The van der Waals surface area contributed by atoms with Crippen LogP contribution in [0.3, 0.4) is 0 Å². The number of anilines is 1. The molecular formula is C24H30N6O4. The van der Waals surface area contributed by atoms with Gasteiger partial charge in [-0.25, -0.2) is 9.50 Å². The maximum absolute atomic E-state index is 13.1. The Morgan fingerprint density at radius 2 is 2.18 bits per heavy atom. The first-order valence-corrected chi connectivity index (χ1v) is 10.9. The first-order valence-electron chi connectivity index (χ1n) is 10.9. The third-order valence-corrected chi connectivity index (χ3v) is 5.84. The lowest BCUT2D eigenvalue weighted by molar-refractivity contribution is -0.118. The van der Waals surface area contributed by atoms with E-state index in [9.17, 15) is 9.59 Å². The van der Waals surface area contributed by atoms with Crippen LogP contribution in [0.15, 0.2) is 36.8 Å². The molecule has 0 saturated carbocycles. The highest BCUT2D eigenvalue weighted by Crippen LogP contribution is 2.42. The standard InChI is InChI=1S/C23H26N6O4.CH4/c1-23(2)10-14-8-17(27-22(31)16-11-26-29-6-3-5-25-21(16)29)19(9-18(14)33-23)32-15-4-7-28(12-15)13-20(24)30;/h3,5-6,8-9,11,15H,4,7,10,12-13H2,1-2H3,(H2,24,30)(H,27,31);1H4/t15-;/m1./s1. The molecule has 10 heteroatoms. The molecule has 2 aliphatic heterocycles. The molecule has 0 radical (unpaired) electrons. The molecule has 4 heterocycles. The summed E-state index contributed by atoms with van der Waals surface area (Å²) < 4.78 is 13.9. The predicted molar refractivity (Wildman–Crippen MR) is 127 cm³/mol. The third kappa shape index (κ3) is 4.67. The number of nitrogens with zero attached hydrogens (tertiary/aromatic N) is 4. The van der Waals surface area contributed by atoms with Crippen molar-refractivity contribution >= 4 is 23.1 Å². The Bertz CT molecular complexity index is 1240. The summed E-state index contributed by atoms with van der Waals surface area (Å²) in [6.07, 6.45) is 6.19. The first kappa shape index (κ1) is 23.5. The molecule has 2 amide bonds. The van der Waals surface area contributed by atoms with Crippen LogP contribution in [0.2, 0.25) is 0 Å². The molecule has 1 saturated heterocycles. The summed E-state index contributed by atoms with van der Waals surface area (Å²) in [6.45, 7) is 5.55. The zero-order valence-electron chi connectivity index (χ0n) is 18.6. The fourth-order valence-electron chi connectivity index (χ4n) is 4.44. The molecule has 3 aromatic rings. The molecule has 0 unspecified atom stereocenters. The number of fused-ring (bicyclic) bond motifs is 2. The smallest absolute Gasteiger partial charge is 0.261 e. The zero-order chi connectivity index (χ0) is 23.2. The van der Waals surface area contributed by atoms with Gasteiger partial charge in [0.1, 0.15) is 28.8 Å². The molecule has 0 spiro atoms. The summed E-state index contributed by atoms with van der Waals surface area (Å²) in [4.78, 5) is 30.6. The number of hydrogen-bond donors (Lipinski definition) is 2. The second kappa shape index (κ2) is 8.94. The van der Waals surface area contributed by atoms with Gasteiger partial charge in [-0.3, -0.25) is 14.5 Å². The lowest BCUT2D eigenvalue weighted by Gasteiger charge is -2.19. The molecule has 180 valence electrons. The van der Waals surface area contributed by atoms with Crippen molar-refractivity contribution in [2.24, 2.45) is 5.73 Å². The SMILES string of the molecule is C.CC1(C)Cc2cc(NC(=O)c3cnn4cccnc34)c(O[C@@H]3CCN(CC(N)=O)C3)cc2O1. The Kier molecular flexibility index (Phi) is 6.18. The van der Waals surface area contributed by atoms with Crippen molar-refractivity contribution in [1.82, 2.24) is 19.5 Å². The van der Waals surface area contributed by atoms with Gasteiger partial charge in [-0.2, -0.15) is 5.10 Å². The number of benzene rings is 1. The average Bonchev–Trinajstić information content (AvgIpc) is 3.43. The van der Waals surface area contributed by atoms with Crippen molar-refractivity contribution in [3.05, 3.63) is 47.9 Å². The zero-order valence-corrected chi connectivity index (χ0v) is 18.6.